The Kier molecular flexibility index (Phi) is 2.52. The van der Waals surface area contributed by atoms with Crippen molar-refractivity contribution in [2.75, 3.05) is 6.54 Å². The Morgan fingerprint density at radius 3 is 2.65 bits per heavy atom. The number of allylic oxidation sites excluding steroid dienone is 1. The van der Waals surface area contributed by atoms with Gasteiger partial charge in [0, 0.05) is 12.8 Å². The second kappa shape index (κ2) is 4.17. The molecule has 0 fully saturated rings. The molecule has 2 aromatic rings. The van der Waals surface area contributed by atoms with Crippen LogP contribution in [0.15, 0.2) is 47.5 Å². The second-order valence-electron chi connectivity index (χ2n) is 4.55. The lowest BCUT2D eigenvalue weighted by molar-refractivity contribution is 1.01. The van der Waals surface area contributed by atoms with Gasteiger partial charge in [0.15, 0.2) is 0 Å². The molecule has 3 rings (SSSR count). The summed E-state index contributed by atoms with van der Waals surface area (Å²) in [6.07, 6.45) is 5.30. The zero-order chi connectivity index (χ0) is 11.7. The fraction of sp³-hybridized carbons (Fsp3) is 0.188. The van der Waals surface area contributed by atoms with E-state index >= 15 is 0 Å². The van der Waals surface area contributed by atoms with Gasteiger partial charge < -0.3 is 0 Å². The van der Waals surface area contributed by atoms with Crippen LogP contribution < -0.4 is 0 Å². The van der Waals surface area contributed by atoms with Crippen LogP contribution in [-0.4, -0.2) is 12.8 Å². The predicted octanol–water partition coefficient (Wildman–Crippen LogP) is 4.01. The Bertz CT molecular complexity index is 620. The lowest BCUT2D eigenvalue weighted by atomic mass is 9.99. The van der Waals surface area contributed by atoms with E-state index in [4.69, 9.17) is 0 Å². The average molecular weight is 221 g/mol. The van der Waals surface area contributed by atoms with E-state index < -0.39 is 0 Å². The van der Waals surface area contributed by atoms with Crippen molar-refractivity contribution in [3.8, 4) is 0 Å². The number of nitrogens with zero attached hydrogens (tertiary/aromatic N) is 1. The van der Waals surface area contributed by atoms with E-state index in [2.05, 4.69) is 54.4 Å². The van der Waals surface area contributed by atoms with Gasteiger partial charge in [0.1, 0.15) is 0 Å². The van der Waals surface area contributed by atoms with Crippen LogP contribution in [0.3, 0.4) is 0 Å². The standard InChI is InChI=1S/C16H15N/c1-12-4-5-14-10-15(7-6-13(14)9-12)16-3-2-8-17-11-16/h3-7,9-11H,2,8H2,1H3. The summed E-state index contributed by atoms with van der Waals surface area (Å²) in [4.78, 5) is 4.34. The fourth-order valence-corrected chi connectivity index (χ4v) is 2.25. The molecule has 0 radical (unpaired) electrons. The predicted molar refractivity (Wildman–Crippen MR) is 74.6 cm³/mol. The minimum absolute atomic E-state index is 0.927. The van der Waals surface area contributed by atoms with Crippen LogP contribution in [0.2, 0.25) is 0 Å². The summed E-state index contributed by atoms with van der Waals surface area (Å²) in [6, 6.07) is 13.2. The van der Waals surface area contributed by atoms with Crippen LogP contribution in [0.5, 0.6) is 0 Å². The fourth-order valence-electron chi connectivity index (χ4n) is 2.25. The van der Waals surface area contributed by atoms with Crippen molar-refractivity contribution >= 4 is 22.6 Å². The molecule has 1 aliphatic rings. The topological polar surface area (TPSA) is 12.4 Å². The summed E-state index contributed by atoms with van der Waals surface area (Å²) in [6.45, 7) is 3.06. The highest BCUT2D eigenvalue weighted by molar-refractivity contribution is 6.11. The van der Waals surface area contributed by atoms with E-state index in [1.165, 1.54) is 27.5 Å². The van der Waals surface area contributed by atoms with Crippen molar-refractivity contribution in [2.24, 2.45) is 4.99 Å². The van der Waals surface area contributed by atoms with Gasteiger partial charge in [0.2, 0.25) is 0 Å². The Hall–Kier alpha value is -1.89. The molecule has 1 nitrogen and oxygen atoms in total. The number of hydrogen-bond donors (Lipinski definition) is 0. The summed E-state index contributed by atoms with van der Waals surface area (Å²) < 4.78 is 0. The van der Waals surface area contributed by atoms with E-state index in [0.29, 0.717) is 0 Å². The zero-order valence-corrected chi connectivity index (χ0v) is 9.98. The molecular weight excluding hydrogens is 206 g/mol. The monoisotopic (exact) mass is 221 g/mol. The highest BCUT2D eigenvalue weighted by atomic mass is 14.7. The maximum Gasteiger partial charge on any atom is 0.0424 e. The van der Waals surface area contributed by atoms with Gasteiger partial charge in [-0.05, 0) is 41.3 Å². The molecule has 0 bridgehead atoms. The zero-order valence-electron chi connectivity index (χ0n) is 9.98. The summed E-state index contributed by atoms with van der Waals surface area (Å²) in [5, 5.41) is 2.61. The van der Waals surface area contributed by atoms with Gasteiger partial charge in [-0.1, -0.05) is 42.0 Å². The average Bonchev–Trinajstić information content (AvgIpc) is 2.39. The number of aryl methyl sites for hydroxylation is 1. The van der Waals surface area contributed by atoms with Crippen LogP contribution in [0.4, 0.5) is 0 Å². The largest absolute Gasteiger partial charge is 0.292 e. The Morgan fingerprint density at radius 1 is 1.00 bits per heavy atom. The molecule has 0 saturated carbocycles. The van der Waals surface area contributed by atoms with Crippen LogP contribution in [0.1, 0.15) is 17.5 Å². The number of dihydropyridines is 1. The normalized spacial score (nSPS) is 15.0. The summed E-state index contributed by atoms with van der Waals surface area (Å²) in [5.74, 6) is 0. The van der Waals surface area contributed by atoms with Crippen LogP contribution in [-0.2, 0) is 0 Å². The molecule has 1 aliphatic heterocycles. The lowest BCUT2D eigenvalue weighted by Crippen LogP contribution is -1.94. The third-order valence-corrected chi connectivity index (χ3v) is 3.18. The molecule has 0 saturated heterocycles. The molecule has 0 aromatic heterocycles. The summed E-state index contributed by atoms with van der Waals surface area (Å²) >= 11 is 0. The molecule has 1 heteroatoms. The molecule has 17 heavy (non-hydrogen) atoms. The maximum absolute atomic E-state index is 4.34. The van der Waals surface area contributed by atoms with Crippen LogP contribution in [0.25, 0.3) is 16.3 Å². The van der Waals surface area contributed by atoms with E-state index in [9.17, 15) is 0 Å². The molecule has 0 atom stereocenters. The molecule has 0 aliphatic carbocycles. The quantitative estimate of drug-likeness (QED) is 0.690. The number of aliphatic imine (C=N–C) groups is 1. The first-order chi connectivity index (χ1) is 8.33. The minimum atomic E-state index is 0.927. The first-order valence-electron chi connectivity index (χ1n) is 6.04. The third-order valence-electron chi connectivity index (χ3n) is 3.18. The van der Waals surface area contributed by atoms with Crippen molar-refractivity contribution < 1.29 is 0 Å². The number of fused-ring (bicyclic) bond motifs is 1. The van der Waals surface area contributed by atoms with E-state index in [0.717, 1.165) is 13.0 Å². The molecule has 84 valence electrons. The van der Waals surface area contributed by atoms with E-state index in [1.807, 2.05) is 6.21 Å². The van der Waals surface area contributed by atoms with Crippen molar-refractivity contribution in [3.05, 3.63) is 53.6 Å². The molecular formula is C16H15N. The van der Waals surface area contributed by atoms with Crippen LogP contribution in [0, 0.1) is 6.92 Å². The highest BCUT2D eigenvalue weighted by Crippen LogP contribution is 2.22. The summed E-state index contributed by atoms with van der Waals surface area (Å²) in [5.41, 5.74) is 3.83. The van der Waals surface area contributed by atoms with E-state index in [-0.39, 0.29) is 0 Å². The summed E-state index contributed by atoms with van der Waals surface area (Å²) in [7, 11) is 0. The molecule has 2 aromatic carbocycles. The molecule has 0 amide bonds. The number of benzene rings is 2. The number of hydrogen-bond acceptors (Lipinski definition) is 1. The Morgan fingerprint density at radius 2 is 1.82 bits per heavy atom. The molecule has 0 N–H and O–H groups in total. The van der Waals surface area contributed by atoms with Crippen molar-refractivity contribution in [1.82, 2.24) is 0 Å². The lowest BCUT2D eigenvalue weighted by Gasteiger charge is -2.08. The van der Waals surface area contributed by atoms with Gasteiger partial charge in [0.05, 0.1) is 0 Å². The first-order valence-corrected chi connectivity index (χ1v) is 6.04. The van der Waals surface area contributed by atoms with Gasteiger partial charge in [-0.15, -0.1) is 0 Å². The van der Waals surface area contributed by atoms with Crippen molar-refractivity contribution in [3.63, 3.8) is 0 Å². The first kappa shape index (κ1) is 10.3. The van der Waals surface area contributed by atoms with Gasteiger partial charge in [-0.3, -0.25) is 4.99 Å². The SMILES string of the molecule is Cc1ccc2cc(C3=CCCN=C3)ccc2c1. The third kappa shape index (κ3) is 2.01. The van der Waals surface area contributed by atoms with Gasteiger partial charge in [0.25, 0.3) is 0 Å². The van der Waals surface area contributed by atoms with Crippen molar-refractivity contribution in [1.29, 1.82) is 0 Å². The molecule has 0 unspecified atom stereocenters. The highest BCUT2D eigenvalue weighted by Gasteiger charge is 2.03. The Labute approximate surface area is 102 Å². The minimum Gasteiger partial charge on any atom is -0.292 e. The Balaban J connectivity index is 2.10. The van der Waals surface area contributed by atoms with Crippen LogP contribution >= 0.6 is 0 Å². The second-order valence-corrected chi connectivity index (χ2v) is 4.55. The van der Waals surface area contributed by atoms with Gasteiger partial charge in [-0.2, -0.15) is 0 Å². The van der Waals surface area contributed by atoms with Gasteiger partial charge >= 0.3 is 0 Å². The molecule has 0 spiro atoms. The smallest absolute Gasteiger partial charge is 0.0424 e. The number of rotatable bonds is 1. The molecule has 1 heterocycles. The van der Waals surface area contributed by atoms with Crippen molar-refractivity contribution in [2.45, 2.75) is 13.3 Å². The maximum atomic E-state index is 4.34. The van der Waals surface area contributed by atoms with E-state index in [1.54, 1.807) is 0 Å². The van der Waals surface area contributed by atoms with Gasteiger partial charge in [-0.25, -0.2) is 0 Å².